The lowest BCUT2D eigenvalue weighted by atomic mass is 9.84. The molecule has 7 heteroatoms. The van der Waals surface area contributed by atoms with Crippen molar-refractivity contribution in [3.05, 3.63) is 0 Å². The number of hydrogen-bond acceptors (Lipinski definition) is 3. The first-order valence-corrected chi connectivity index (χ1v) is 5.62. The summed E-state index contributed by atoms with van der Waals surface area (Å²) in [5, 5.41) is 11.9. The lowest BCUT2D eigenvalue weighted by Crippen LogP contribution is -2.53. The molecule has 0 saturated carbocycles. The first-order chi connectivity index (χ1) is 7.87. The Hall–Kier alpha value is -0.820. The zero-order valence-electron chi connectivity index (χ0n) is 9.26. The number of nitrogens with one attached hydrogen (secondary N) is 1. The second kappa shape index (κ2) is 4.13. The highest BCUT2D eigenvalue weighted by atomic mass is 19.4. The molecule has 2 N–H and O–H groups in total. The Kier molecular flexibility index (Phi) is 3.07. The summed E-state index contributed by atoms with van der Waals surface area (Å²) in [5.74, 6) is -0.897. The normalized spacial score (nSPS) is 34.4. The van der Waals surface area contributed by atoms with Crippen LogP contribution in [0.5, 0.6) is 0 Å². The Bertz CT molecular complexity index is 313. The molecule has 0 aliphatic carbocycles. The molecule has 0 aromatic heterocycles. The van der Waals surface area contributed by atoms with Gasteiger partial charge in [-0.3, -0.25) is 4.79 Å². The molecule has 0 radical (unpaired) electrons. The number of aliphatic hydroxyl groups excluding tert-OH is 1. The highest BCUT2D eigenvalue weighted by Gasteiger charge is 2.62. The molecule has 17 heavy (non-hydrogen) atoms. The third-order valence-electron chi connectivity index (χ3n) is 3.56. The summed E-state index contributed by atoms with van der Waals surface area (Å²) in [6.07, 6.45) is -5.10. The first kappa shape index (κ1) is 12.6. The summed E-state index contributed by atoms with van der Waals surface area (Å²) in [6.45, 7) is 0.0536. The van der Waals surface area contributed by atoms with E-state index in [2.05, 4.69) is 5.32 Å². The van der Waals surface area contributed by atoms with Crippen LogP contribution < -0.4 is 5.32 Å². The zero-order valence-corrected chi connectivity index (χ0v) is 9.26. The summed E-state index contributed by atoms with van der Waals surface area (Å²) < 4.78 is 39.2. The van der Waals surface area contributed by atoms with E-state index >= 15 is 0 Å². The van der Waals surface area contributed by atoms with Crippen molar-refractivity contribution in [1.29, 1.82) is 0 Å². The van der Waals surface area contributed by atoms with Crippen LogP contribution in [0.3, 0.4) is 0 Å². The van der Waals surface area contributed by atoms with Gasteiger partial charge in [-0.25, -0.2) is 0 Å². The number of hydrogen-bond donors (Lipinski definition) is 2. The number of nitrogens with zero attached hydrogens (tertiary/aromatic N) is 1. The van der Waals surface area contributed by atoms with Gasteiger partial charge in [-0.15, -0.1) is 0 Å². The second-order valence-electron chi connectivity index (χ2n) is 4.70. The van der Waals surface area contributed by atoms with E-state index in [0.717, 1.165) is 4.90 Å². The molecule has 2 aliphatic rings. The topological polar surface area (TPSA) is 52.6 Å². The Balaban J connectivity index is 2.20. The number of alkyl halides is 3. The molecule has 2 atom stereocenters. The van der Waals surface area contributed by atoms with E-state index in [1.54, 1.807) is 0 Å². The monoisotopic (exact) mass is 252 g/mol. The van der Waals surface area contributed by atoms with E-state index in [4.69, 9.17) is 0 Å². The van der Waals surface area contributed by atoms with Crippen LogP contribution in [0, 0.1) is 5.41 Å². The number of carbonyl (C=O) groups is 1. The fourth-order valence-electron chi connectivity index (χ4n) is 2.47. The minimum absolute atomic E-state index is 0.0106. The SMILES string of the molecule is O=C(N1CC[C@@H](O)C1)C1(C(F)(F)F)CCNC1. The maximum Gasteiger partial charge on any atom is 0.404 e. The van der Waals surface area contributed by atoms with Crippen molar-refractivity contribution in [3.63, 3.8) is 0 Å². The van der Waals surface area contributed by atoms with Crippen LogP contribution in [-0.2, 0) is 4.79 Å². The molecule has 0 aromatic rings. The van der Waals surface area contributed by atoms with Crippen LogP contribution in [0.4, 0.5) is 13.2 Å². The van der Waals surface area contributed by atoms with Crippen LogP contribution in [0.25, 0.3) is 0 Å². The number of halogens is 3. The molecule has 2 saturated heterocycles. The fourth-order valence-corrected chi connectivity index (χ4v) is 2.47. The number of amides is 1. The van der Waals surface area contributed by atoms with Crippen molar-refractivity contribution in [1.82, 2.24) is 10.2 Å². The van der Waals surface area contributed by atoms with E-state index in [-0.39, 0.29) is 32.6 Å². The molecule has 2 heterocycles. The molecule has 0 spiro atoms. The van der Waals surface area contributed by atoms with Crippen molar-refractivity contribution >= 4 is 5.91 Å². The minimum Gasteiger partial charge on any atom is -0.391 e. The maximum atomic E-state index is 13.1. The Labute approximate surface area is 96.8 Å². The van der Waals surface area contributed by atoms with Crippen molar-refractivity contribution in [3.8, 4) is 0 Å². The van der Waals surface area contributed by atoms with E-state index in [0.29, 0.717) is 6.42 Å². The minimum atomic E-state index is -4.54. The zero-order chi connectivity index (χ0) is 12.7. The lowest BCUT2D eigenvalue weighted by molar-refractivity contribution is -0.221. The molecule has 0 bridgehead atoms. The number of likely N-dealkylation sites (tertiary alicyclic amines) is 1. The van der Waals surface area contributed by atoms with E-state index in [1.807, 2.05) is 0 Å². The molecule has 1 unspecified atom stereocenters. The number of rotatable bonds is 1. The van der Waals surface area contributed by atoms with E-state index < -0.39 is 23.6 Å². The summed E-state index contributed by atoms with van der Waals surface area (Å²) in [4.78, 5) is 13.1. The molecule has 4 nitrogen and oxygen atoms in total. The van der Waals surface area contributed by atoms with Crippen LogP contribution in [0.15, 0.2) is 0 Å². The Morgan fingerprint density at radius 2 is 2.18 bits per heavy atom. The highest BCUT2D eigenvalue weighted by Crippen LogP contribution is 2.44. The van der Waals surface area contributed by atoms with Gasteiger partial charge < -0.3 is 15.3 Å². The van der Waals surface area contributed by atoms with Crippen molar-refractivity contribution in [2.75, 3.05) is 26.2 Å². The maximum absolute atomic E-state index is 13.1. The third kappa shape index (κ3) is 2.01. The average Bonchev–Trinajstić information content (AvgIpc) is 2.83. The standard InChI is InChI=1S/C10H15F3N2O2/c11-10(12,13)9(2-3-14-6-9)8(17)15-4-1-7(16)5-15/h7,14,16H,1-6H2/t7-,9?/m1/s1. The van der Waals surface area contributed by atoms with Gasteiger partial charge in [-0.05, 0) is 19.4 Å². The van der Waals surface area contributed by atoms with Gasteiger partial charge in [0.05, 0.1) is 6.10 Å². The molecule has 98 valence electrons. The predicted molar refractivity (Wildman–Crippen MR) is 53.2 cm³/mol. The van der Waals surface area contributed by atoms with Crippen LogP contribution in [-0.4, -0.2) is 54.4 Å². The van der Waals surface area contributed by atoms with Gasteiger partial charge in [0, 0.05) is 19.6 Å². The molecule has 1 amide bonds. The summed E-state index contributed by atoms with van der Waals surface area (Å²) in [6, 6.07) is 0. The summed E-state index contributed by atoms with van der Waals surface area (Å²) in [5.41, 5.74) is -2.29. The van der Waals surface area contributed by atoms with E-state index in [9.17, 15) is 23.1 Å². The molecule has 2 rings (SSSR count). The lowest BCUT2D eigenvalue weighted by Gasteiger charge is -2.33. The van der Waals surface area contributed by atoms with Gasteiger partial charge in [-0.1, -0.05) is 0 Å². The van der Waals surface area contributed by atoms with Crippen molar-refractivity contribution in [2.45, 2.75) is 25.1 Å². The van der Waals surface area contributed by atoms with Gasteiger partial charge in [-0.2, -0.15) is 13.2 Å². The number of carbonyl (C=O) groups excluding carboxylic acids is 1. The van der Waals surface area contributed by atoms with E-state index in [1.165, 1.54) is 0 Å². The Morgan fingerprint density at radius 1 is 1.47 bits per heavy atom. The van der Waals surface area contributed by atoms with Gasteiger partial charge in [0.2, 0.25) is 5.91 Å². The Morgan fingerprint density at radius 3 is 2.59 bits per heavy atom. The van der Waals surface area contributed by atoms with Crippen LogP contribution >= 0.6 is 0 Å². The highest BCUT2D eigenvalue weighted by molar-refractivity contribution is 5.84. The van der Waals surface area contributed by atoms with Crippen molar-refractivity contribution < 1.29 is 23.1 Å². The molecule has 2 aliphatic heterocycles. The predicted octanol–water partition coefficient (Wildman–Crippen LogP) is 0.122. The summed E-state index contributed by atoms with van der Waals surface area (Å²) >= 11 is 0. The third-order valence-corrected chi connectivity index (χ3v) is 3.56. The fraction of sp³-hybridized carbons (Fsp3) is 0.900. The van der Waals surface area contributed by atoms with Crippen LogP contribution in [0.2, 0.25) is 0 Å². The molecular formula is C10H15F3N2O2. The van der Waals surface area contributed by atoms with Gasteiger partial charge in [0.15, 0.2) is 5.41 Å². The quantitative estimate of drug-likeness (QED) is 0.697. The molecule has 2 fully saturated rings. The van der Waals surface area contributed by atoms with Crippen LogP contribution in [0.1, 0.15) is 12.8 Å². The number of β-amino-alcohol motifs (C(OH)–C–C–N with tert-alkyl or cyclic N) is 1. The van der Waals surface area contributed by atoms with Gasteiger partial charge >= 0.3 is 6.18 Å². The molecule has 0 aromatic carbocycles. The first-order valence-electron chi connectivity index (χ1n) is 5.62. The number of aliphatic hydroxyl groups is 1. The summed E-state index contributed by atoms with van der Waals surface area (Å²) in [7, 11) is 0. The second-order valence-corrected chi connectivity index (χ2v) is 4.70. The average molecular weight is 252 g/mol. The van der Waals surface area contributed by atoms with Gasteiger partial charge in [0.25, 0.3) is 0 Å². The smallest absolute Gasteiger partial charge is 0.391 e. The molecular weight excluding hydrogens is 237 g/mol. The van der Waals surface area contributed by atoms with Gasteiger partial charge in [0.1, 0.15) is 0 Å². The largest absolute Gasteiger partial charge is 0.404 e. The van der Waals surface area contributed by atoms with Crippen molar-refractivity contribution in [2.24, 2.45) is 5.41 Å².